The molecule has 0 unspecified atom stereocenters. The largest absolute Gasteiger partial charge is 0.468 e. The van der Waals surface area contributed by atoms with Crippen molar-refractivity contribution >= 4 is 23.4 Å². The summed E-state index contributed by atoms with van der Waals surface area (Å²) in [5.74, 6) is -0.561. The summed E-state index contributed by atoms with van der Waals surface area (Å²) in [4.78, 5) is 21.7. The van der Waals surface area contributed by atoms with Gasteiger partial charge in [-0.1, -0.05) is 0 Å². The summed E-state index contributed by atoms with van der Waals surface area (Å²) in [5, 5.41) is 0. The number of hydrogen-bond donors (Lipinski definition) is 0. The maximum Gasteiger partial charge on any atom is 0.328 e. The molecule has 2 aliphatic carbocycles. The molecule has 3 atom stereocenters. The first kappa shape index (κ1) is 9.00. The van der Waals surface area contributed by atoms with Gasteiger partial charge in [0.15, 0.2) is 4.87 Å². The van der Waals surface area contributed by atoms with E-state index in [4.69, 9.17) is 11.6 Å². The van der Waals surface area contributed by atoms with E-state index in [1.807, 2.05) is 0 Å². The van der Waals surface area contributed by atoms with Crippen LogP contribution in [-0.4, -0.2) is 23.7 Å². The molecule has 2 saturated carbocycles. The van der Waals surface area contributed by atoms with Gasteiger partial charge in [0.25, 0.3) is 0 Å². The molecule has 72 valence electrons. The molecule has 0 aliphatic heterocycles. The molecule has 0 aromatic carbocycles. The molecule has 0 aromatic heterocycles. The van der Waals surface area contributed by atoms with E-state index >= 15 is 0 Å². The van der Waals surface area contributed by atoms with Crippen LogP contribution < -0.4 is 0 Å². The number of fused-ring (bicyclic) bond motifs is 1. The summed E-state index contributed by atoms with van der Waals surface area (Å²) in [7, 11) is 1.31. The van der Waals surface area contributed by atoms with Crippen LogP contribution in [0.2, 0.25) is 0 Å². The summed E-state index contributed by atoms with van der Waals surface area (Å²) in [6, 6.07) is 0. The van der Waals surface area contributed by atoms with Crippen LogP contribution in [0.4, 0.5) is 0 Å². The molecule has 0 spiro atoms. The number of alkyl halides is 1. The van der Waals surface area contributed by atoms with E-state index in [1.54, 1.807) is 0 Å². The maximum absolute atomic E-state index is 11.4. The smallest absolute Gasteiger partial charge is 0.328 e. The highest BCUT2D eigenvalue weighted by molar-refractivity contribution is 6.39. The molecule has 2 rings (SSSR count). The standard InChI is InChI=1S/C9H11ClO3/c1-13-8(12)9(10)5-3-2-4-6(11)7(5)9/h5,7H,2-4H2,1H3/t5-,7-,9+/m0/s1. The van der Waals surface area contributed by atoms with Gasteiger partial charge in [-0.3, -0.25) is 9.59 Å². The molecule has 0 radical (unpaired) electrons. The molecule has 0 heterocycles. The fraction of sp³-hybridized carbons (Fsp3) is 0.778. The third kappa shape index (κ3) is 1.03. The van der Waals surface area contributed by atoms with Crippen LogP contribution in [0.5, 0.6) is 0 Å². The lowest BCUT2D eigenvalue weighted by Crippen LogP contribution is -2.23. The van der Waals surface area contributed by atoms with Crippen molar-refractivity contribution in [3.63, 3.8) is 0 Å². The van der Waals surface area contributed by atoms with E-state index in [1.165, 1.54) is 7.11 Å². The van der Waals surface area contributed by atoms with E-state index in [-0.39, 0.29) is 17.6 Å². The Morgan fingerprint density at radius 2 is 2.38 bits per heavy atom. The number of Topliss-reactive ketones (excluding diaryl/α,β-unsaturated/α-hetero) is 1. The first-order valence-electron chi connectivity index (χ1n) is 4.42. The van der Waals surface area contributed by atoms with Gasteiger partial charge in [-0.25, -0.2) is 0 Å². The van der Waals surface area contributed by atoms with Crippen molar-refractivity contribution in [3.8, 4) is 0 Å². The van der Waals surface area contributed by atoms with E-state index in [2.05, 4.69) is 4.74 Å². The van der Waals surface area contributed by atoms with Gasteiger partial charge in [0.1, 0.15) is 5.78 Å². The molecule has 2 aliphatic rings. The molecule has 0 N–H and O–H groups in total. The number of ketones is 1. The summed E-state index contributed by atoms with van der Waals surface area (Å²) in [6.45, 7) is 0. The van der Waals surface area contributed by atoms with Crippen LogP contribution in [-0.2, 0) is 14.3 Å². The van der Waals surface area contributed by atoms with Crippen LogP contribution in [0.1, 0.15) is 19.3 Å². The molecule has 0 amide bonds. The van der Waals surface area contributed by atoms with Crippen LogP contribution in [0.25, 0.3) is 0 Å². The Kier molecular flexibility index (Phi) is 1.88. The van der Waals surface area contributed by atoms with Crippen molar-refractivity contribution in [2.24, 2.45) is 11.8 Å². The van der Waals surface area contributed by atoms with Gasteiger partial charge >= 0.3 is 5.97 Å². The zero-order valence-electron chi connectivity index (χ0n) is 7.38. The molecule has 3 nitrogen and oxygen atoms in total. The second kappa shape index (κ2) is 2.71. The van der Waals surface area contributed by atoms with Gasteiger partial charge in [-0.15, -0.1) is 11.6 Å². The minimum absolute atomic E-state index is 0.0304. The Balaban J connectivity index is 2.20. The zero-order valence-corrected chi connectivity index (χ0v) is 8.13. The normalized spacial score (nSPS) is 42.5. The summed E-state index contributed by atoms with van der Waals surface area (Å²) >= 11 is 6.07. The highest BCUT2D eigenvalue weighted by atomic mass is 35.5. The van der Waals surface area contributed by atoms with Crippen LogP contribution >= 0.6 is 11.6 Å². The molecule has 13 heavy (non-hydrogen) atoms. The molecule has 0 bridgehead atoms. The summed E-state index contributed by atoms with van der Waals surface area (Å²) < 4.78 is 4.59. The van der Waals surface area contributed by atoms with E-state index < -0.39 is 10.8 Å². The Morgan fingerprint density at radius 1 is 1.69 bits per heavy atom. The van der Waals surface area contributed by atoms with Crippen molar-refractivity contribution in [1.82, 2.24) is 0 Å². The number of halogens is 1. The lowest BCUT2D eigenvalue weighted by Gasteiger charge is -2.04. The first-order chi connectivity index (χ1) is 6.12. The summed E-state index contributed by atoms with van der Waals surface area (Å²) in [5.41, 5.74) is 0. The fourth-order valence-corrected chi connectivity index (χ4v) is 2.87. The van der Waals surface area contributed by atoms with Gasteiger partial charge in [-0.2, -0.15) is 0 Å². The number of ether oxygens (including phenoxy) is 1. The van der Waals surface area contributed by atoms with Gasteiger partial charge in [0.2, 0.25) is 0 Å². The van der Waals surface area contributed by atoms with E-state index in [0.29, 0.717) is 6.42 Å². The highest BCUT2D eigenvalue weighted by Gasteiger charge is 2.73. The Morgan fingerprint density at radius 3 is 2.92 bits per heavy atom. The zero-order chi connectivity index (χ0) is 9.64. The van der Waals surface area contributed by atoms with Crippen molar-refractivity contribution in [2.75, 3.05) is 7.11 Å². The van der Waals surface area contributed by atoms with Gasteiger partial charge in [0, 0.05) is 12.3 Å². The van der Waals surface area contributed by atoms with Crippen molar-refractivity contribution in [3.05, 3.63) is 0 Å². The lowest BCUT2D eigenvalue weighted by molar-refractivity contribution is -0.142. The molecule has 4 heteroatoms. The van der Waals surface area contributed by atoms with E-state index in [9.17, 15) is 9.59 Å². The SMILES string of the molecule is COC(=O)[C@]1(Cl)[C@@H]2C(=O)CCC[C@@H]21. The monoisotopic (exact) mass is 202 g/mol. The average molecular weight is 203 g/mol. The third-order valence-corrected chi connectivity index (χ3v) is 3.74. The summed E-state index contributed by atoms with van der Waals surface area (Å²) in [6.07, 6.45) is 2.28. The Hall–Kier alpha value is -0.570. The highest BCUT2D eigenvalue weighted by Crippen LogP contribution is 2.61. The fourth-order valence-electron chi connectivity index (χ4n) is 2.35. The Labute approximate surface area is 81.4 Å². The molecular formula is C9H11ClO3. The molecule has 0 saturated heterocycles. The predicted molar refractivity (Wildman–Crippen MR) is 46.4 cm³/mol. The van der Waals surface area contributed by atoms with Gasteiger partial charge < -0.3 is 4.74 Å². The average Bonchev–Trinajstić information content (AvgIpc) is 2.74. The lowest BCUT2D eigenvalue weighted by atomic mass is 10.00. The Bertz CT molecular complexity index is 276. The van der Waals surface area contributed by atoms with Crippen LogP contribution in [0.3, 0.4) is 0 Å². The van der Waals surface area contributed by atoms with Crippen LogP contribution in [0.15, 0.2) is 0 Å². The molecule has 0 aromatic rings. The molecular weight excluding hydrogens is 192 g/mol. The topological polar surface area (TPSA) is 43.4 Å². The number of hydrogen-bond acceptors (Lipinski definition) is 3. The van der Waals surface area contributed by atoms with Gasteiger partial charge in [-0.05, 0) is 12.8 Å². The van der Waals surface area contributed by atoms with E-state index in [0.717, 1.165) is 12.8 Å². The number of carbonyl (C=O) groups is 2. The number of carbonyl (C=O) groups excluding carboxylic acids is 2. The van der Waals surface area contributed by atoms with Crippen LogP contribution in [0, 0.1) is 11.8 Å². The van der Waals surface area contributed by atoms with Gasteiger partial charge in [0.05, 0.1) is 13.0 Å². The third-order valence-electron chi connectivity index (χ3n) is 3.07. The van der Waals surface area contributed by atoms with Crippen molar-refractivity contribution < 1.29 is 14.3 Å². The van der Waals surface area contributed by atoms with Crippen molar-refractivity contribution in [2.45, 2.75) is 24.1 Å². The number of methoxy groups -OCH3 is 1. The minimum atomic E-state index is -1.01. The van der Waals surface area contributed by atoms with Crippen molar-refractivity contribution in [1.29, 1.82) is 0 Å². The maximum atomic E-state index is 11.4. The molecule has 2 fully saturated rings. The quantitative estimate of drug-likeness (QED) is 0.473. The predicted octanol–water partition coefficient (Wildman–Crippen LogP) is 1.14. The second-order valence-corrected chi connectivity index (χ2v) is 4.33. The minimum Gasteiger partial charge on any atom is -0.468 e. The number of rotatable bonds is 1. The first-order valence-corrected chi connectivity index (χ1v) is 4.80. The second-order valence-electron chi connectivity index (χ2n) is 3.70. The number of esters is 1.